The molecule has 1 saturated heterocycles. The summed E-state index contributed by atoms with van der Waals surface area (Å²) in [4.78, 5) is 38.7. The van der Waals surface area contributed by atoms with Crippen LogP contribution in [0.5, 0.6) is 11.5 Å². The fraction of sp³-hybridized carbons (Fsp3) is 0.0800. The maximum atomic E-state index is 13.4. The van der Waals surface area contributed by atoms with Crippen LogP contribution in [0, 0.1) is 5.82 Å². The fourth-order valence-corrected chi connectivity index (χ4v) is 3.79. The Morgan fingerprint density at radius 3 is 2.46 bits per heavy atom. The zero-order valence-electron chi connectivity index (χ0n) is 18.2. The third-order valence-corrected chi connectivity index (χ3v) is 5.55. The minimum absolute atomic E-state index is 0.0351. The van der Waals surface area contributed by atoms with E-state index in [2.05, 4.69) is 5.32 Å². The van der Waals surface area contributed by atoms with Crippen molar-refractivity contribution in [2.24, 2.45) is 0 Å². The number of carbonyl (C=O) groups excluding carboxylic acids is 3. The van der Waals surface area contributed by atoms with Gasteiger partial charge in [0.15, 0.2) is 11.5 Å². The molecule has 1 aliphatic heterocycles. The smallest absolute Gasteiger partial charge is 0.335 e. The average Bonchev–Trinajstić information content (AvgIpc) is 2.82. The molecule has 1 aliphatic rings. The van der Waals surface area contributed by atoms with Crippen LogP contribution >= 0.6 is 23.2 Å². The number of barbiturate groups is 1. The molecule has 4 rings (SSSR count). The number of nitrogens with zero attached hydrogens (tertiary/aromatic N) is 1. The van der Waals surface area contributed by atoms with E-state index in [0.29, 0.717) is 16.1 Å². The molecule has 0 atom stereocenters. The Morgan fingerprint density at radius 1 is 1.03 bits per heavy atom. The zero-order chi connectivity index (χ0) is 25.1. The van der Waals surface area contributed by atoms with Gasteiger partial charge in [-0.2, -0.15) is 0 Å². The normalized spacial score (nSPS) is 14.8. The first-order valence-electron chi connectivity index (χ1n) is 10.2. The predicted molar refractivity (Wildman–Crippen MR) is 129 cm³/mol. The van der Waals surface area contributed by atoms with Crippen LogP contribution in [-0.4, -0.2) is 25.0 Å². The van der Waals surface area contributed by atoms with Gasteiger partial charge in [-0.15, -0.1) is 0 Å². The molecular formula is C25H17Cl2FN2O5. The number of nitrogens with one attached hydrogen (secondary N) is 1. The van der Waals surface area contributed by atoms with Gasteiger partial charge in [0.1, 0.15) is 18.0 Å². The fourth-order valence-electron chi connectivity index (χ4n) is 3.39. The molecule has 3 aromatic carbocycles. The molecule has 1 fully saturated rings. The second-order valence-electron chi connectivity index (χ2n) is 7.39. The van der Waals surface area contributed by atoms with E-state index < -0.39 is 23.7 Å². The molecule has 0 unspecified atom stereocenters. The molecule has 3 aromatic rings. The number of benzene rings is 3. The number of anilines is 1. The highest BCUT2D eigenvalue weighted by Gasteiger charge is 2.36. The lowest BCUT2D eigenvalue weighted by atomic mass is 10.1. The van der Waals surface area contributed by atoms with Crippen molar-refractivity contribution < 1.29 is 28.2 Å². The van der Waals surface area contributed by atoms with Crippen molar-refractivity contribution in [3.05, 3.63) is 93.2 Å². The number of methoxy groups -OCH3 is 1. The van der Waals surface area contributed by atoms with Gasteiger partial charge in [-0.05, 0) is 65.7 Å². The maximum absolute atomic E-state index is 13.4. The molecule has 0 spiro atoms. The summed E-state index contributed by atoms with van der Waals surface area (Å²) in [5.41, 5.74) is 0.901. The van der Waals surface area contributed by atoms with Crippen molar-refractivity contribution in [2.75, 3.05) is 12.0 Å². The highest BCUT2D eigenvalue weighted by atomic mass is 35.5. The van der Waals surface area contributed by atoms with Crippen LogP contribution < -0.4 is 19.7 Å². The van der Waals surface area contributed by atoms with Gasteiger partial charge >= 0.3 is 6.03 Å². The summed E-state index contributed by atoms with van der Waals surface area (Å²) in [5.74, 6) is -1.63. The molecule has 0 aromatic heterocycles. The third kappa shape index (κ3) is 5.29. The summed E-state index contributed by atoms with van der Waals surface area (Å²) in [6, 6.07) is 14.0. The third-order valence-electron chi connectivity index (χ3n) is 5.02. The molecule has 7 nitrogen and oxygen atoms in total. The number of ether oxygens (including phenoxy) is 2. The lowest BCUT2D eigenvalue weighted by Crippen LogP contribution is -2.54. The Labute approximate surface area is 209 Å². The molecule has 10 heteroatoms. The molecular weight excluding hydrogens is 498 g/mol. The van der Waals surface area contributed by atoms with Gasteiger partial charge in [0.05, 0.1) is 17.8 Å². The van der Waals surface area contributed by atoms with Crippen LogP contribution in [-0.2, 0) is 16.2 Å². The van der Waals surface area contributed by atoms with Crippen LogP contribution in [0.3, 0.4) is 0 Å². The van der Waals surface area contributed by atoms with Crippen molar-refractivity contribution in [3.63, 3.8) is 0 Å². The highest BCUT2D eigenvalue weighted by molar-refractivity contribution is 6.39. The monoisotopic (exact) mass is 514 g/mol. The summed E-state index contributed by atoms with van der Waals surface area (Å²) in [7, 11) is 1.40. The number of imide groups is 2. The van der Waals surface area contributed by atoms with Gasteiger partial charge in [0.25, 0.3) is 11.8 Å². The number of carbonyl (C=O) groups is 3. The summed E-state index contributed by atoms with van der Waals surface area (Å²) in [6.45, 7) is 0.0351. The summed E-state index contributed by atoms with van der Waals surface area (Å²) in [5, 5.41) is 2.71. The van der Waals surface area contributed by atoms with Gasteiger partial charge < -0.3 is 9.47 Å². The van der Waals surface area contributed by atoms with Gasteiger partial charge in [-0.1, -0.05) is 35.3 Å². The van der Waals surface area contributed by atoms with Gasteiger partial charge in [0, 0.05) is 5.02 Å². The molecule has 0 aliphatic carbocycles. The van der Waals surface area contributed by atoms with Crippen molar-refractivity contribution in [3.8, 4) is 11.5 Å². The van der Waals surface area contributed by atoms with Crippen molar-refractivity contribution in [2.45, 2.75) is 6.61 Å². The van der Waals surface area contributed by atoms with Crippen molar-refractivity contribution in [1.29, 1.82) is 0 Å². The topological polar surface area (TPSA) is 84.9 Å². The minimum Gasteiger partial charge on any atom is -0.493 e. The predicted octanol–water partition coefficient (Wildman–Crippen LogP) is 5.39. The van der Waals surface area contributed by atoms with Crippen LogP contribution in [0.1, 0.15) is 11.1 Å². The van der Waals surface area contributed by atoms with E-state index in [1.165, 1.54) is 61.7 Å². The SMILES string of the molecule is COc1cc(/C=C2\C(=O)NC(=O)N(c3ccc(Cl)cc3)C2=O)cc(Cl)c1OCc1cccc(F)c1. The lowest BCUT2D eigenvalue weighted by molar-refractivity contribution is -0.122. The Morgan fingerprint density at radius 2 is 1.77 bits per heavy atom. The molecule has 178 valence electrons. The number of amides is 4. The Hall–Kier alpha value is -3.88. The zero-order valence-corrected chi connectivity index (χ0v) is 19.7. The molecule has 1 heterocycles. The molecule has 35 heavy (non-hydrogen) atoms. The standard InChI is InChI=1S/C25H17Cl2FN2O5/c1-34-21-12-15(11-20(27)22(21)35-13-14-3-2-4-17(28)9-14)10-19-23(31)29-25(33)30(24(19)32)18-7-5-16(26)6-8-18/h2-12H,13H2,1H3,(H,29,31,33)/b19-10+. The summed E-state index contributed by atoms with van der Waals surface area (Å²) in [6.07, 6.45) is 1.29. The Bertz CT molecular complexity index is 1360. The first-order valence-corrected chi connectivity index (χ1v) is 10.9. The van der Waals surface area contributed by atoms with Gasteiger partial charge in [-0.3, -0.25) is 14.9 Å². The highest BCUT2D eigenvalue weighted by Crippen LogP contribution is 2.38. The number of hydrogen-bond donors (Lipinski definition) is 1. The van der Waals surface area contributed by atoms with E-state index in [1.807, 2.05) is 0 Å². The van der Waals surface area contributed by atoms with Gasteiger partial charge in [0.2, 0.25) is 0 Å². The Balaban J connectivity index is 1.64. The van der Waals surface area contributed by atoms with E-state index in [0.717, 1.165) is 4.90 Å². The van der Waals surface area contributed by atoms with Crippen molar-refractivity contribution in [1.82, 2.24) is 5.32 Å². The molecule has 1 N–H and O–H groups in total. The second-order valence-corrected chi connectivity index (χ2v) is 8.23. The van der Waals surface area contributed by atoms with E-state index in [4.69, 9.17) is 32.7 Å². The van der Waals surface area contributed by atoms with Crippen LogP contribution in [0.25, 0.3) is 6.08 Å². The lowest BCUT2D eigenvalue weighted by Gasteiger charge is -2.26. The quantitative estimate of drug-likeness (QED) is 0.352. The maximum Gasteiger partial charge on any atom is 0.335 e. The van der Waals surface area contributed by atoms with Gasteiger partial charge in [-0.25, -0.2) is 14.1 Å². The first-order chi connectivity index (χ1) is 16.8. The summed E-state index contributed by atoms with van der Waals surface area (Å²) < 4.78 is 24.5. The molecule has 4 amide bonds. The molecule has 0 radical (unpaired) electrons. The van der Waals surface area contributed by atoms with E-state index in [-0.39, 0.29) is 34.4 Å². The number of urea groups is 1. The van der Waals surface area contributed by atoms with Crippen LogP contribution in [0.4, 0.5) is 14.9 Å². The second kappa shape index (κ2) is 10.2. The van der Waals surface area contributed by atoms with E-state index in [1.54, 1.807) is 12.1 Å². The van der Waals surface area contributed by atoms with Crippen LogP contribution in [0.15, 0.2) is 66.2 Å². The molecule has 0 saturated carbocycles. The van der Waals surface area contributed by atoms with Crippen LogP contribution in [0.2, 0.25) is 10.0 Å². The average molecular weight is 515 g/mol. The van der Waals surface area contributed by atoms with E-state index >= 15 is 0 Å². The summed E-state index contributed by atoms with van der Waals surface area (Å²) >= 11 is 12.3. The first kappa shape index (κ1) is 24.3. The van der Waals surface area contributed by atoms with Crippen molar-refractivity contribution >= 4 is 52.8 Å². The number of rotatable bonds is 6. The number of halogens is 3. The Kier molecular flexibility index (Phi) is 7.04. The molecule has 0 bridgehead atoms. The minimum atomic E-state index is -0.879. The largest absolute Gasteiger partial charge is 0.493 e. The van der Waals surface area contributed by atoms with E-state index in [9.17, 15) is 18.8 Å². The number of hydrogen-bond acceptors (Lipinski definition) is 5.